The van der Waals surface area contributed by atoms with Crippen molar-refractivity contribution in [1.82, 2.24) is 9.97 Å². The number of halogens is 1. The van der Waals surface area contributed by atoms with Crippen LogP contribution in [0.4, 0.5) is 10.6 Å². The molecule has 1 unspecified atom stereocenters. The highest BCUT2D eigenvalue weighted by atomic mass is 35.5. The summed E-state index contributed by atoms with van der Waals surface area (Å²) >= 11 is 5.94. The Morgan fingerprint density at radius 2 is 2.08 bits per heavy atom. The van der Waals surface area contributed by atoms with E-state index in [9.17, 15) is 9.00 Å². The second kappa shape index (κ2) is 7.07. The van der Waals surface area contributed by atoms with Gasteiger partial charge >= 0.3 is 6.09 Å². The van der Waals surface area contributed by atoms with Crippen molar-refractivity contribution in [3.8, 4) is 5.75 Å². The van der Waals surface area contributed by atoms with Crippen LogP contribution in [-0.2, 0) is 15.5 Å². The Labute approximate surface area is 154 Å². The van der Waals surface area contributed by atoms with Gasteiger partial charge in [0, 0.05) is 22.3 Å². The van der Waals surface area contributed by atoms with Gasteiger partial charge in [0.1, 0.15) is 12.2 Å². The summed E-state index contributed by atoms with van der Waals surface area (Å²) in [6.45, 7) is 5.78. The number of rotatable bonds is 1. The van der Waals surface area contributed by atoms with Crippen LogP contribution in [0.25, 0.3) is 0 Å². The average molecular weight is 388 g/mol. The smallest absolute Gasteiger partial charge is 0.416 e. The van der Waals surface area contributed by atoms with Crippen molar-refractivity contribution in [2.75, 3.05) is 23.0 Å². The van der Waals surface area contributed by atoms with Crippen molar-refractivity contribution in [3.63, 3.8) is 0 Å². The first-order valence-corrected chi connectivity index (χ1v) is 10.1. The summed E-state index contributed by atoms with van der Waals surface area (Å²) in [7, 11) is -0.774. The minimum absolute atomic E-state index is 0.0429. The lowest BCUT2D eigenvalue weighted by Gasteiger charge is -2.41. The Kier molecular flexibility index (Phi) is 5.20. The SMILES string of the molecule is CC(C)(C)OC(=O)N1c2nc(Cl)ncc2OCC1C1CCS(=O)CC1. The van der Waals surface area contributed by atoms with Gasteiger partial charge in [0.05, 0.1) is 12.2 Å². The van der Waals surface area contributed by atoms with Crippen molar-refractivity contribution in [1.29, 1.82) is 0 Å². The molecule has 0 aromatic carbocycles. The number of anilines is 1. The molecule has 1 saturated heterocycles. The zero-order valence-corrected chi connectivity index (χ0v) is 16.1. The van der Waals surface area contributed by atoms with E-state index in [2.05, 4.69) is 9.97 Å². The van der Waals surface area contributed by atoms with Gasteiger partial charge in [-0.15, -0.1) is 0 Å². The molecule has 3 heterocycles. The summed E-state index contributed by atoms with van der Waals surface area (Å²) in [6, 6.07) is -0.231. The molecule has 7 nitrogen and oxygen atoms in total. The molecule has 0 N–H and O–H groups in total. The fourth-order valence-electron chi connectivity index (χ4n) is 3.10. The lowest BCUT2D eigenvalue weighted by molar-refractivity contribution is 0.0517. The molecular weight excluding hydrogens is 366 g/mol. The summed E-state index contributed by atoms with van der Waals surface area (Å²) in [5.41, 5.74) is -0.634. The lowest BCUT2D eigenvalue weighted by Crippen LogP contribution is -2.53. The molecule has 0 radical (unpaired) electrons. The topological polar surface area (TPSA) is 81.6 Å². The van der Waals surface area contributed by atoms with Crippen LogP contribution in [0.1, 0.15) is 33.6 Å². The first-order valence-electron chi connectivity index (χ1n) is 8.27. The predicted molar refractivity (Wildman–Crippen MR) is 95.6 cm³/mol. The number of fused-ring (bicyclic) bond motifs is 1. The van der Waals surface area contributed by atoms with E-state index in [-0.39, 0.29) is 17.2 Å². The van der Waals surface area contributed by atoms with Gasteiger partial charge < -0.3 is 9.47 Å². The molecule has 25 heavy (non-hydrogen) atoms. The zero-order valence-electron chi connectivity index (χ0n) is 14.5. The van der Waals surface area contributed by atoms with Crippen LogP contribution in [0.15, 0.2) is 6.20 Å². The third kappa shape index (κ3) is 4.23. The molecular formula is C16H22ClN3O4S. The Morgan fingerprint density at radius 3 is 2.72 bits per heavy atom. The molecule has 1 atom stereocenters. The molecule has 3 rings (SSSR count). The number of ether oxygens (including phenoxy) is 2. The van der Waals surface area contributed by atoms with Crippen molar-refractivity contribution in [2.24, 2.45) is 5.92 Å². The molecule has 1 aromatic rings. The monoisotopic (exact) mass is 387 g/mol. The van der Waals surface area contributed by atoms with E-state index in [1.807, 2.05) is 20.8 Å². The summed E-state index contributed by atoms with van der Waals surface area (Å²) < 4.78 is 23.0. The lowest BCUT2D eigenvalue weighted by atomic mass is 9.92. The predicted octanol–water partition coefficient (Wildman–Crippen LogP) is 2.79. The van der Waals surface area contributed by atoms with Crippen LogP contribution < -0.4 is 9.64 Å². The molecule has 1 aromatic heterocycles. The van der Waals surface area contributed by atoms with E-state index in [1.165, 1.54) is 11.1 Å². The number of hydrogen-bond acceptors (Lipinski definition) is 6. The van der Waals surface area contributed by atoms with Crippen LogP contribution >= 0.6 is 11.6 Å². The van der Waals surface area contributed by atoms with Gasteiger partial charge in [0.15, 0.2) is 11.6 Å². The maximum Gasteiger partial charge on any atom is 0.416 e. The van der Waals surface area contributed by atoms with Crippen molar-refractivity contribution in [2.45, 2.75) is 45.3 Å². The van der Waals surface area contributed by atoms with Crippen molar-refractivity contribution >= 4 is 34.3 Å². The van der Waals surface area contributed by atoms with Gasteiger partial charge in [-0.25, -0.2) is 9.78 Å². The van der Waals surface area contributed by atoms with E-state index in [1.54, 1.807) is 0 Å². The summed E-state index contributed by atoms with van der Waals surface area (Å²) in [4.78, 5) is 22.5. The number of nitrogens with zero attached hydrogens (tertiary/aromatic N) is 3. The fourth-order valence-corrected chi connectivity index (χ4v) is 4.56. The third-order valence-corrected chi connectivity index (χ3v) is 5.81. The van der Waals surface area contributed by atoms with Crippen LogP contribution in [0.3, 0.4) is 0 Å². The van der Waals surface area contributed by atoms with Gasteiger partial charge in [0.25, 0.3) is 0 Å². The highest BCUT2D eigenvalue weighted by molar-refractivity contribution is 7.85. The van der Waals surface area contributed by atoms with E-state index >= 15 is 0 Å². The van der Waals surface area contributed by atoms with Gasteiger partial charge in [-0.1, -0.05) is 0 Å². The molecule has 138 valence electrons. The number of carbonyl (C=O) groups excluding carboxylic acids is 1. The van der Waals surface area contributed by atoms with Crippen LogP contribution in [0, 0.1) is 5.92 Å². The van der Waals surface area contributed by atoms with Crippen molar-refractivity contribution in [3.05, 3.63) is 11.5 Å². The standard InChI is InChI=1S/C16H22ClN3O4S/c1-16(2,3)24-15(21)20-11(10-4-6-25(22)7-5-10)9-23-12-8-18-14(17)19-13(12)20/h8,10-11H,4-7,9H2,1-3H3. The van der Waals surface area contributed by atoms with Gasteiger partial charge in [-0.3, -0.25) is 9.11 Å². The Bertz CT molecular complexity index is 684. The molecule has 1 amide bonds. The third-order valence-electron chi connectivity index (χ3n) is 4.24. The first-order chi connectivity index (χ1) is 11.7. The summed E-state index contributed by atoms with van der Waals surface area (Å²) in [5.74, 6) is 2.19. The molecule has 1 fully saturated rings. The number of aromatic nitrogens is 2. The molecule has 0 aliphatic carbocycles. The fraction of sp³-hybridized carbons (Fsp3) is 0.688. The highest BCUT2D eigenvalue weighted by Crippen LogP contribution is 2.37. The van der Waals surface area contributed by atoms with Gasteiger partial charge in [-0.2, -0.15) is 4.98 Å². The van der Waals surface area contributed by atoms with Crippen LogP contribution in [-0.4, -0.2) is 50.0 Å². The molecule has 2 aliphatic heterocycles. The van der Waals surface area contributed by atoms with Gasteiger partial charge in [0.2, 0.25) is 5.28 Å². The molecule has 9 heteroatoms. The minimum atomic E-state index is -0.774. The van der Waals surface area contributed by atoms with Crippen molar-refractivity contribution < 1.29 is 18.5 Å². The molecule has 0 saturated carbocycles. The van der Waals surface area contributed by atoms with E-state index in [4.69, 9.17) is 21.1 Å². The highest BCUT2D eigenvalue weighted by Gasteiger charge is 2.41. The Morgan fingerprint density at radius 1 is 1.40 bits per heavy atom. The van der Waals surface area contributed by atoms with E-state index < -0.39 is 22.5 Å². The minimum Gasteiger partial charge on any atom is -0.486 e. The quantitative estimate of drug-likeness (QED) is 0.689. The molecule has 0 spiro atoms. The number of hydrogen-bond donors (Lipinski definition) is 0. The first kappa shape index (κ1) is 18.4. The average Bonchev–Trinajstić information content (AvgIpc) is 2.52. The second-order valence-electron chi connectivity index (χ2n) is 7.24. The van der Waals surface area contributed by atoms with E-state index in [0.717, 1.165) is 12.8 Å². The normalized spacial score (nSPS) is 26.6. The zero-order chi connectivity index (χ0) is 18.2. The van der Waals surface area contributed by atoms with E-state index in [0.29, 0.717) is 29.7 Å². The Hall–Kier alpha value is -1.41. The number of carbonyl (C=O) groups is 1. The largest absolute Gasteiger partial charge is 0.486 e. The maximum atomic E-state index is 12.9. The Balaban J connectivity index is 1.94. The molecule has 2 aliphatic rings. The molecule has 0 bridgehead atoms. The second-order valence-corrected chi connectivity index (χ2v) is 9.28. The van der Waals surface area contributed by atoms with Gasteiger partial charge in [-0.05, 0) is 51.1 Å². The summed E-state index contributed by atoms with van der Waals surface area (Å²) in [6.07, 6.45) is 2.53. The summed E-state index contributed by atoms with van der Waals surface area (Å²) in [5, 5.41) is 0.0429. The van der Waals surface area contributed by atoms with Crippen LogP contribution in [0.2, 0.25) is 5.28 Å². The van der Waals surface area contributed by atoms with Crippen LogP contribution in [0.5, 0.6) is 5.75 Å². The number of amides is 1. The maximum absolute atomic E-state index is 12.9.